The average molecular weight is 387 g/mol. The normalized spacial score (nSPS) is 22.4. The summed E-state index contributed by atoms with van der Waals surface area (Å²) in [5.41, 5.74) is 6.17. The van der Waals surface area contributed by atoms with Crippen LogP contribution in [0.5, 0.6) is 0 Å². The molecule has 0 aliphatic carbocycles. The number of ether oxygens (including phenoxy) is 2. The maximum atomic E-state index is 12.7. The fourth-order valence-corrected chi connectivity index (χ4v) is 4.22. The Bertz CT molecular complexity index is 627. The van der Waals surface area contributed by atoms with Gasteiger partial charge in [-0.3, -0.25) is 4.79 Å². The highest BCUT2D eigenvalue weighted by Gasteiger charge is 2.40. The summed E-state index contributed by atoms with van der Waals surface area (Å²) in [6, 6.07) is 5.54. The van der Waals surface area contributed by atoms with Gasteiger partial charge in [0.25, 0.3) is 0 Å². The van der Waals surface area contributed by atoms with E-state index in [0.29, 0.717) is 55.9 Å². The van der Waals surface area contributed by atoms with Crippen LogP contribution in [0.1, 0.15) is 31.2 Å². The van der Waals surface area contributed by atoms with Gasteiger partial charge in [-0.15, -0.1) is 0 Å². The van der Waals surface area contributed by atoms with Gasteiger partial charge >= 0.3 is 0 Å². The van der Waals surface area contributed by atoms with E-state index >= 15 is 0 Å². The van der Waals surface area contributed by atoms with Crippen LogP contribution >= 0.6 is 23.2 Å². The molecule has 2 fully saturated rings. The Kier molecular flexibility index (Phi) is 5.91. The quantitative estimate of drug-likeness (QED) is 0.833. The standard InChI is InChI=1S/C18H24Cl2N2O3/c19-13-1-2-14(15(20)11-13)17(3-7-24-8-4-17)12-22-16(23)18(21)5-9-25-10-6-18/h1-2,11H,3-10,12,21H2,(H,22,23). The predicted octanol–water partition coefficient (Wildman–Crippen LogP) is 2.67. The molecule has 0 spiro atoms. The van der Waals surface area contributed by atoms with Crippen LogP contribution in [-0.2, 0) is 19.7 Å². The summed E-state index contributed by atoms with van der Waals surface area (Å²) in [5.74, 6) is -0.119. The number of halogens is 2. The van der Waals surface area contributed by atoms with Crippen LogP contribution in [0.25, 0.3) is 0 Å². The molecule has 1 aromatic carbocycles. The Morgan fingerprint density at radius 1 is 1.08 bits per heavy atom. The highest BCUT2D eigenvalue weighted by Crippen LogP contribution is 2.39. The first kappa shape index (κ1) is 18.9. The number of nitrogens with two attached hydrogens (primary N) is 1. The Morgan fingerprint density at radius 3 is 2.28 bits per heavy atom. The molecule has 0 unspecified atom stereocenters. The van der Waals surface area contributed by atoms with E-state index < -0.39 is 5.54 Å². The van der Waals surface area contributed by atoms with Crippen molar-refractivity contribution in [3.63, 3.8) is 0 Å². The monoisotopic (exact) mass is 386 g/mol. The van der Waals surface area contributed by atoms with Gasteiger partial charge in [0, 0.05) is 48.4 Å². The van der Waals surface area contributed by atoms with E-state index in [4.69, 9.17) is 38.4 Å². The van der Waals surface area contributed by atoms with Crippen LogP contribution in [0.2, 0.25) is 10.0 Å². The number of carbonyl (C=O) groups is 1. The van der Waals surface area contributed by atoms with E-state index in [1.54, 1.807) is 6.07 Å². The van der Waals surface area contributed by atoms with Gasteiger partial charge < -0.3 is 20.5 Å². The number of hydrogen-bond donors (Lipinski definition) is 2. The second kappa shape index (κ2) is 7.80. The van der Waals surface area contributed by atoms with E-state index in [0.717, 1.165) is 18.4 Å². The van der Waals surface area contributed by atoms with Crippen molar-refractivity contribution in [3.05, 3.63) is 33.8 Å². The van der Waals surface area contributed by atoms with Gasteiger partial charge in [0.05, 0.1) is 5.54 Å². The lowest BCUT2D eigenvalue weighted by Gasteiger charge is -2.40. The first-order valence-electron chi connectivity index (χ1n) is 8.63. The molecule has 2 saturated heterocycles. The molecule has 0 saturated carbocycles. The van der Waals surface area contributed by atoms with Gasteiger partial charge in [0.2, 0.25) is 5.91 Å². The molecule has 0 aromatic heterocycles. The van der Waals surface area contributed by atoms with Crippen molar-refractivity contribution >= 4 is 29.1 Å². The number of hydrogen-bond acceptors (Lipinski definition) is 4. The van der Waals surface area contributed by atoms with Gasteiger partial charge in [-0.1, -0.05) is 29.3 Å². The lowest BCUT2D eigenvalue weighted by Crippen LogP contribution is -2.59. The Hall–Kier alpha value is -0.850. The molecule has 5 nitrogen and oxygen atoms in total. The second-order valence-corrected chi connectivity index (χ2v) is 7.81. The molecule has 0 radical (unpaired) electrons. The van der Waals surface area contributed by atoms with E-state index in [1.807, 2.05) is 12.1 Å². The average Bonchev–Trinajstić information content (AvgIpc) is 2.61. The molecule has 138 valence electrons. The summed E-state index contributed by atoms with van der Waals surface area (Å²) >= 11 is 12.5. The van der Waals surface area contributed by atoms with E-state index in [2.05, 4.69) is 5.32 Å². The number of rotatable bonds is 4. The fourth-order valence-electron chi connectivity index (χ4n) is 3.61. The van der Waals surface area contributed by atoms with Gasteiger partial charge in [-0.05, 0) is 43.4 Å². The molecule has 1 amide bonds. The molecule has 1 aromatic rings. The van der Waals surface area contributed by atoms with Gasteiger partial charge in [-0.25, -0.2) is 0 Å². The van der Waals surface area contributed by atoms with Crippen molar-refractivity contribution in [2.45, 2.75) is 36.6 Å². The summed E-state index contributed by atoms with van der Waals surface area (Å²) in [6.07, 6.45) is 2.65. The van der Waals surface area contributed by atoms with Crippen molar-refractivity contribution in [1.29, 1.82) is 0 Å². The van der Waals surface area contributed by atoms with Crippen molar-refractivity contribution in [3.8, 4) is 0 Å². The molecule has 3 N–H and O–H groups in total. The Morgan fingerprint density at radius 2 is 1.68 bits per heavy atom. The Labute approximate surface area is 158 Å². The lowest BCUT2D eigenvalue weighted by atomic mass is 9.73. The SMILES string of the molecule is NC1(C(=O)NCC2(c3ccc(Cl)cc3Cl)CCOCC2)CCOCC1. The van der Waals surface area contributed by atoms with Crippen LogP contribution in [0.15, 0.2) is 18.2 Å². The zero-order valence-electron chi connectivity index (χ0n) is 14.2. The first-order chi connectivity index (χ1) is 12.0. The molecule has 2 aliphatic heterocycles. The summed E-state index contributed by atoms with van der Waals surface area (Å²) in [4.78, 5) is 12.7. The fraction of sp³-hybridized carbons (Fsp3) is 0.611. The number of carbonyl (C=O) groups excluding carboxylic acids is 1. The molecule has 7 heteroatoms. The third kappa shape index (κ3) is 4.12. The topological polar surface area (TPSA) is 73.6 Å². The zero-order valence-corrected chi connectivity index (χ0v) is 15.7. The lowest BCUT2D eigenvalue weighted by molar-refractivity contribution is -0.130. The number of benzene rings is 1. The van der Waals surface area contributed by atoms with Crippen LogP contribution in [-0.4, -0.2) is 44.4 Å². The van der Waals surface area contributed by atoms with Crippen LogP contribution in [0, 0.1) is 0 Å². The maximum Gasteiger partial charge on any atom is 0.240 e. The van der Waals surface area contributed by atoms with Gasteiger partial charge in [0.15, 0.2) is 0 Å². The van der Waals surface area contributed by atoms with Crippen molar-refractivity contribution < 1.29 is 14.3 Å². The molecular weight excluding hydrogens is 363 g/mol. The third-order valence-corrected chi connectivity index (χ3v) is 5.92. The number of nitrogens with one attached hydrogen (secondary N) is 1. The summed E-state index contributed by atoms with van der Waals surface area (Å²) in [7, 11) is 0. The summed E-state index contributed by atoms with van der Waals surface area (Å²) in [6.45, 7) is 2.79. The highest BCUT2D eigenvalue weighted by atomic mass is 35.5. The molecule has 0 bridgehead atoms. The van der Waals surface area contributed by atoms with E-state index in [1.165, 1.54) is 0 Å². The molecule has 2 aliphatic rings. The molecule has 3 rings (SSSR count). The van der Waals surface area contributed by atoms with Gasteiger partial charge in [0.1, 0.15) is 0 Å². The van der Waals surface area contributed by atoms with Crippen LogP contribution < -0.4 is 11.1 Å². The van der Waals surface area contributed by atoms with Gasteiger partial charge in [-0.2, -0.15) is 0 Å². The molecule has 0 atom stereocenters. The maximum absolute atomic E-state index is 12.7. The minimum absolute atomic E-state index is 0.119. The molecule has 25 heavy (non-hydrogen) atoms. The smallest absolute Gasteiger partial charge is 0.240 e. The third-order valence-electron chi connectivity index (χ3n) is 5.38. The second-order valence-electron chi connectivity index (χ2n) is 6.97. The molecule has 2 heterocycles. The highest BCUT2D eigenvalue weighted by molar-refractivity contribution is 6.35. The van der Waals surface area contributed by atoms with E-state index in [9.17, 15) is 4.79 Å². The largest absolute Gasteiger partial charge is 0.381 e. The summed E-state index contributed by atoms with van der Waals surface area (Å²) < 4.78 is 10.8. The number of amides is 1. The minimum Gasteiger partial charge on any atom is -0.381 e. The zero-order chi connectivity index (χ0) is 17.9. The first-order valence-corrected chi connectivity index (χ1v) is 9.39. The predicted molar refractivity (Wildman–Crippen MR) is 98.2 cm³/mol. The van der Waals surface area contributed by atoms with Crippen LogP contribution in [0.3, 0.4) is 0 Å². The summed E-state index contributed by atoms with van der Waals surface area (Å²) in [5, 5.41) is 4.30. The van der Waals surface area contributed by atoms with Crippen molar-refractivity contribution in [2.75, 3.05) is 33.0 Å². The molecular formula is C18H24Cl2N2O3. The Balaban J connectivity index is 1.78. The van der Waals surface area contributed by atoms with Crippen LogP contribution in [0.4, 0.5) is 0 Å². The van der Waals surface area contributed by atoms with Crippen molar-refractivity contribution in [1.82, 2.24) is 5.32 Å². The van der Waals surface area contributed by atoms with E-state index in [-0.39, 0.29) is 11.3 Å². The minimum atomic E-state index is -0.853. The van der Waals surface area contributed by atoms with Crippen molar-refractivity contribution in [2.24, 2.45) is 5.73 Å².